The van der Waals surface area contributed by atoms with E-state index in [4.69, 9.17) is 5.73 Å². The fourth-order valence-corrected chi connectivity index (χ4v) is 4.25. The van der Waals surface area contributed by atoms with Crippen molar-refractivity contribution < 1.29 is 9.59 Å². The molecule has 0 spiro atoms. The van der Waals surface area contributed by atoms with Gasteiger partial charge in [0.25, 0.3) is 0 Å². The number of hydrogen-bond donors (Lipinski definition) is 1. The second-order valence-corrected chi connectivity index (χ2v) is 15.5. The van der Waals surface area contributed by atoms with E-state index in [2.05, 4.69) is 93.9 Å². The summed E-state index contributed by atoms with van der Waals surface area (Å²) in [6.45, 7) is 39.7. The molecule has 250 valence electrons. The third-order valence-corrected chi connectivity index (χ3v) is 6.93. The van der Waals surface area contributed by atoms with Crippen LogP contribution >= 0.6 is 0 Å². The molecule has 0 radical (unpaired) electrons. The van der Waals surface area contributed by atoms with Gasteiger partial charge in [0, 0.05) is 88.1 Å². The van der Waals surface area contributed by atoms with Crippen LogP contribution in [0.15, 0.2) is 25.0 Å². The highest BCUT2D eigenvalue weighted by atomic mass is 16.2. The SMILES string of the molecule is C=CC(=O)N1CCN(C(C)(C)C)CC1.CC(=O)CCN1CCN(C(C)(C)C)CC1.CC(C)(C)N.CC(C)(C)n1ccnn1. The Morgan fingerprint density at radius 1 is 0.767 bits per heavy atom. The van der Waals surface area contributed by atoms with E-state index in [1.165, 1.54) is 6.08 Å². The van der Waals surface area contributed by atoms with Crippen LogP contribution in [0.1, 0.15) is 96.4 Å². The second-order valence-electron chi connectivity index (χ2n) is 15.5. The van der Waals surface area contributed by atoms with E-state index >= 15 is 0 Å². The minimum Gasteiger partial charge on any atom is -0.337 e. The first kappa shape index (κ1) is 40.9. The molecule has 2 aliphatic rings. The average molecular weight is 607 g/mol. The molecule has 0 bridgehead atoms. The third kappa shape index (κ3) is 19.7. The van der Waals surface area contributed by atoms with Gasteiger partial charge in [0.1, 0.15) is 5.78 Å². The van der Waals surface area contributed by atoms with Gasteiger partial charge >= 0.3 is 0 Å². The van der Waals surface area contributed by atoms with Crippen molar-refractivity contribution in [3.8, 4) is 0 Å². The molecule has 0 atom stereocenters. The molecule has 2 aliphatic heterocycles. The second kappa shape index (κ2) is 18.0. The highest BCUT2D eigenvalue weighted by molar-refractivity contribution is 5.87. The third-order valence-electron chi connectivity index (χ3n) is 6.93. The minimum absolute atomic E-state index is 0. The number of rotatable bonds is 4. The number of nitrogens with two attached hydrogens (primary N) is 1. The van der Waals surface area contributed by atoms with Gasteiger partial charge in [0.15, 0.2) is 0 Å². The highest BCUT2D eigenvalue weighted by Crippen LogP contribution is 2.16. The van der Waals surface area contributed by atoms with Crippen LogP contribution in [0.25, 0.3) is 0 Å². The normalized spacial score (nSPS) is 17.4. The molecule has 3 heterocycles. The molecule has 0 aliphatic carbocycles. The van der Waals surface area contributed by atoms with Gasteiger partial charge in [-0.15, -0.1) is 5.10 Å². The van der Waals surface area contributed by atoms with Crippen molar-refractivity contribution in [2.45, 2.75) is 119 Å². The Kier molecular flexibility index (Phi) is 17.1. The van der Waals surface area contributed by atoms with Gasteiger partial charge in [-0.1, -0.05) is 11.8 Å². The lowest BCUT2D eigenvalue weighted by molar-refractivity contribution is -0.128. The molecule has 3 rings (SSSR count). The number of piperazine rings is 2. The van der Waals surface area contributed by atoms with Gasteiger partial charge in [0.2, 0.25) is 5.91 Å². The van der Waals surface area contributed by atoms with Crippen LogP contribution in [0.2, 0.25) is 0 Å². The van der Waals surface area contributed by atoms with Crippen LogP contribution in [0, 0.1) is 0 Å². The van der Waals surface area contributed by atoms with Crippen LogP contribution in [-0.4, -0.2) is 122 Å². The van der Waals surface area contributed by atoms with Crippen LogP contribution in [0.4, 0.5) is 0 Å². The van der Waals surface area contributed by atoms with Gasteiger partial charge in [0.05, 0.1) is 11.7 Å². The monoisotopic (exact) mass is 607 g/mol. The molecule has 0 saturated carbocycles. The molecule has 2 fully saturated rings. The minimum atomic E-state index is 0. The standard InChI is InChI=1S/C12H24N2O.C11H20N2O.C6H11N3.C4H11N/c1-11(15)5-6-13-7-9-14(10-8-13)12(2,3)4;1-5-10(14)12-6-8-13(9-7-12)11(2,3)4;1-6(2,3)9-5-4-7-8-9;1-4(2,3)5/h5-10H2,1-4H3;5H,1,6-9H2,2-4H3;4-5H,1-3H3;5H2,1-3H3. The number of carbonyl (C=O) groups excluding carboxylic acids is 2. The number of amides is 1. The summed E-state index contributed by atoms with van der Waals surface area (Å²) in [5, 5.41) is 7.56. The number of hydrogen-bond acceptors (Lipinski definition) is 8. The first-order valence-corrected chi connectivity index (χ1v) is 15.7. The van der Waals surface area contributed by atoms with Crippen molar-refractivity contribution >= 4 is 11.7 Å². The van der Waals surface area contributed by atoms with Gasteiger partial charge in [-0.2, -0.15) is 0 Å². The van der Waals surface area contributed by atoms with E-state index in [1.54, 1.807) is 13.1 Å². The van der Waals surface area contributed by atoms with E-state index in [0.29, 0.717) is 12.2 Å². The van der Waals surface area contributed by atoms with E-state index in [-0.39, 0.29) is 28.1 Å². The number of nitrogens with zero attached hydrogens (tertiary/aromatic N) is 7. The predicted molar refractivity (Wildman–Crippen MR) is 180 cm³/mol. The first-order chi connectivity index (χ1) is 19.4. The predicted octanol–water partition coefficient (Wildman–Crippen LogP) is 4.27. The molecule has 10 heteroatoms. The Labute approximate surface area is 264 Å². The zero-order valence-electron chi connectivity index (χ0n) is 30.0. The Bertz CT molecular complexity index is 912. The Morgan fingerprint density at radius 3 is 1.47 bits per heavy atom. The van der Waals surface area contributed by atoms with Crippen molar-refractivity contribution in [1.82, 2.24) is 34.6 Å². The maximum absolute atomic E-state index is 11.3. The Balaban J connectivity index is 0.000000583. The van der Waals surface area contributed by atoms with Gasteiger partial charge in [-0.25, -0.2) is 4.68 Å². The smallest absolute Gasteiger partial charge is 0.246 e. The average Bonchev–Trinajstić information content (AvgIpc) is 3.42. The van der Waals surface area contributed by atoms with Crippen molar-refractivity contribution in [2.24, 2.45) is 5.73 Å². The van der Waals surface area contributed by atoms with Crippen molar-refractivity contribution in [3.63, 3.8) is 0 Å². The van der Waals surface area contributed by atoms with E-state index in [0.717, 1.165) is 58.9 Å². The molecule has 2 saturated heterocycles. The molecule has 1 amide bonds. The molecular weight excluding hydrogens is 540 g/mol. The van der Waals surface area contributed by atoms with Crippen LogP contribution in [-0.2, 0) is 15.1 Å². The number of ketones is 1. The summed E-state index contributed by atoms with van der Waals surface area (Å²) < 4.78 is 1.83. The van der Waals surface area contributed by atoms with Crippen molar-refractivity contribution in [3.05, 3.63) is 25.0 Å². The number of aromatic nitrogens is 3. The van der Waals surface area contributed by atoms with Crippen LogP contribution < -0.4 is 5.73 Å². The quantitative estimate of drug-likeness (QED) is 0.507. The molecule has 0 aromatic carbocycles. The summed E-state index contributed by atoms with van der Waals surface area (Å²) in [6.07, 6.45) is 5.65. The molecular formula is C33H66N8O2. The Morgan fingerprint density at radius 2 is 1.19 bits per heavy atom. The summed E-state index contributed by atoms with van der Waals surface area (Å²) >= 11 is 0. The summed E-state index contributed by atoms with van der Waals surface area (Å²) in [5.41, 5.74) is 5.92. The van der Waals surface area contributed by atoms with Crippen molar-refractivity contribution in [2.75, 3.05) is 58.9 Å². The van der Waals surface area contributed by atoms with Crippen LogP contribution in [0.5, 0.6) is 0 Å². The molecule has 1 aromatic rings. The van der Waals surface area contributed by atoms with Crippen LogP contribution in [0.3, 0.4) is 0 Å². The molecule has 43 heavy (non-hydrogen) atoms. The molecule has 2 N–H and O–H groups in total. The lowest BCUT2D eigenvalue weighted by atomic mass is 10.0. The molecule has 1 aromatic heterocycles. The lowest BCUT2D eigenvalue weighted by Gasteiger charge is -2.42. The molecule has 0 unspecified atom stereocenters. The summed E-state index contributed by atoms with van der Waals surface area (Å²) in [4.78, 5) is 31.3. The van der Waals surface area contributed by atoms with Gasteiger partial charge in [-0.05, 0) is 96.1 Å². The summed E-state index contributed by atoms with van der Waals surface area (Å²) in [5.74, 6) is 0.354. The topological polar surface area (TPSA) is 104 Å². The summed E-state index contributed by atoms with van der Waals surface area (Å²) in [6, 6.07) is 0. The number of carbonyl (C=O) groups is 2. The maximum atomic E-state index is 11.3. The fraction of sp³-hybridized carbons (Fsp3) is 0.818. The van der Waals surface area contributed by atoms with E-state index in [9.17, 15) is 9.59 Å². The van der Waals surface area contributed by atoms with E-state index < -0.39 is 0 Å². The van der Waals surface area contributed by atoms with Gasteiger partial charge < -0.3 is 15.5 Å². The van der Waals surface area contributed by atoms with Gasteiger partial charge in [-0.3, -0.25) is 19.4 Å². The largest absolute Gasteiger partial charge is 0.337 e. The van der Waals surface area contributed by atoms with E-state index in [1.807, 2.05) is 36.5 Å². The van der Waals surface area contributed by atoms with Crippen molar-refractivity contribution in [1.29, 1.82) is 0 Å². The highest BCUT2D eigenvalue weighted by Gasteiger charge is 2.27. The zero-order chi connectivity index (χ0) is 33.6. The molecule has 10 nitrogen and oxygen atoms in total. The first-order valence-electron chi connectivity index (χ1n) is 15.7. The Hall–Kier alpha value is -2.14. The summed E-state index contributed by atoms with van der Waals surface area (Å²) in [7, 11) is 0. The number of Topliss-reactive ketones (excluding diaryl/α,β-unsaturated/α-hetero) is 1. The zero-order valence-corrected chi connectivity index (χ0v) is 30.0. The lowest BCUT2D eigenvalue weighted by Crippen LogP contribution is -2.54. The maximum Gasteiger partial charge on any atom is 0.246 e. The fourth-order valence-electron chi connectivity index (χ4n) is 4.25.